The van der Waals surface area contributed by atoms with Crippen molar-refractivity contribution >= 4 is 64.6 Å². The standard InChI is InChI=1S/C62H38/c1-3-8-39(9-4-1)50-36-51(40-14-18-43(19-15-40)54-31-24-47-23-22-45-12-7-13-46-27-33-56(54)60(47)59(45)46)38-52(37-50)41-16-20-44(21-17-41)55-32-26-49-28-34-57-53(42-10-5-2-6-11-42)30-25-48-29-35-58(55)62(49)61(48)57/h1-38H. The summed E-state index contributed by atoms with van der Waals surface area (Å²) in [7, 11) is 0. The zero-order valence-electron chi connectivity index (χ0n) is 33.9. The van der Waals surface area contributed by atoms with Crippen molar-refractivity contribution in [1.82, 2.24) is 0 Å². The summed E-state index contributed by atoms with van der Waals surface area (Å²) in [4.78, 5) is 0. The Morgan fingerprint density at radius 3 is 0.871 bits per heavy atom. The fourth-order valence-corrected chi connectivity index (χ4v) is 10.4. The Labute approximate surface area is 360 Å². The van der Waals surface area contributed by atoms with Gasteiger partial charge in [-0.3, -0.25) is 0 Å². The van der Waals surface area contributed by atoms with Crippen molar-refractivity contribution in [3.05, 3.63) is 231 Å². The Balaban J connectivity index is 0.888. The Morgan fingerprint density at radius 1 is 0.161 bits per heavy atom. The number of benzene rings is 13. The number of hydrogen-bond donors (Lipinski definition) is 0. The van der Waals surface area contributed by atoms with Crippen LogP contribution in [0.2, 0.25) is 0 Å². The summed E-state index contributed by atoms with van der Waals surface area (Å²) in [6.45, 7) is 0. The second-order valence-corrected chi connectivity index (χ2v) is 16.8. The minimum Gasteiger partial charge on any atom is -0.0622 e. The third kappa shape index (κ3) is 5.47. The molecule has 0 atom stereocenters. The van der Waals surface area contributed by atoms with E-state index in [0.29, 0.717) is 0 Å². The Bertz CT molecular complexity index is 3790. The molecule has 0 radical (unpaired) electrons. The van der Waals surface area contributed by atoms with Crippen molar-refractivity contribution in [3.8, 4) is 66.8 Å². The largest absolute Gasteiger partial charge is 0.0622 e. The molecule has 0 saturated carbocycles. The third-order valence-corrected chi connectivity index (χ3v) is 13.4. The van der Waals surface area contributed by atoms with Crippen molar-refractivity contribution in [2.24, 2.45) is 0 Å². The maximum Gasteiger partial charge on any atom is -0.00203 e. The highest BCUT2D eigenvalue weighted by Gasteiger charge is 2.17. The second-order valence-electron chi connectivity index (χ2n) is 16.8. The SMILES string of the molecule is c1ccc(-c2cc(-c3ccc(-c4ccc5ccc6cccc7ccc4c5c67)cc3)cc(-c3ccc(-c4ccc5ccc6c(-c7ccccc7)ccc7ccc4c5c76)cc3)c2)cc1. The van der Waals surface area contributed by atoms with Gasteiger partial charge >= 0.3 is 0 Å². The molecule has 0 aliphatic carbocycles. The summed E-state index contributed by atoms with van der Waals surface area (Å²) in [5, 5.41) is 15.7. The summed E-state index contributed by atoms with van der Waals surface area (Å²) >= 11 is 0. The molecular formula is C62H38. The van der Waals surface area contributed by atoms with E-state index in [0.717, 1.165) is 0 Å². The first kappa shape index (κ1) is 34.8. The van der Waals surface area contributed by atoms with Crippen molar-refractivity contribution < 1.29 is 0 Å². The molecule has 0 spiro atoms. The molecule has 0 heteroatoms. The molecule has 0 fully saturated rings. The highest BCUT2D eigenvalue weighted by molar-refractivity contribution is 6.28. The Hall–Kier alpha value is -8.06. The van der Waals surface area contributed by atoms with Crippen LogP contribution in [0, 0.1) is 0 Å². The van der Waals surface area contributed by atoms with E-state index in [-0.39, 0.29) is 0 Å². The van der Waals surface area contributed by atoms with Gasteiger partial charge in [-0.15, -0.1) is 0 Å². The normalized spacial score (nSPS) is 11.9. The van der Waals surface area contributed by atoms with Gasteiger partial charge in [0.15, 0.2) is 0 Å². The first-order valence-electron chi connectivity index (χ1n) is 21.6. The molecule has 13 aromatic rings. The molecule has 0 aliphatic rings. The Kier molecular flexibility index (Phi) is 7.71. The fourth-order valence-electron chi connectivity index (χ4n) is 10.4. The third-order valence-electron chi connectivity index (χ3n) is 13.4. The topological polar surface area (TPSA) is 0 Å². The average Bonchev–Trinajstić information content (AvgIpc) is 3.35. The van der Waals surface area contributed by atoms with Gasteiger partial charge in [0, 0.05) is 0 Å². The molecule has 62 heavy (non-hydrogen) atoms. The zero-order valence-corrected chi connectivity index (χ0v) is 33.9. The van der Waals surface area contributed by atoms with E-state index in [4.69, 9.17) is 0 Å². The van der Waals surface area contributed by atoms with Crippen LogP contribution in [-0.4, -0.2) is 0 Å². The monoisotopic (exact) mass is 782 g/mol. The van der Waals surface area contributed by atoms with Crippen molar-refractivity contribution in [1.29, 1.82) is 0 Å². The number of rotatable bonds is 6. The van der Waals surface area contributed by atoms with Gasteiger partial charge in [0.25, 0.3) is 0 Å². The smallest absolute Gasteiger partial charge is 0.00203 e. The predicted octanol–water partition coefficient (Wildman–Crippen LogP) is 17.5. The van der Waals surface area contributed by atoms with Gasteiger partial charge in [0.1, 0.15) is 0 Å². The van der Waals surface area contributed by atoms with E-state index < -0.39 is 0 Å². The van der Waals surface area contributed by atoms with Crippen LogP contribution in [0.1, 0.15) is 0 Å². The van der Waals surface area contributed by atoms with Gasteiger partial charge in [-0.25, -0.2) is 0 Å². The molecule has 0 nitrogen and oxygen atoms in total. The fraction of sp³-hybridized carbons (Fsp3) is 0. The summed E-state index contributed by atoms with van der Waals surface area (Å²) < 4.78 is 0. The lowest BCUT2D eigenvalue weighted by Crippen LogP contribution is -1.90. The lowest BCUT2D eigenvalue weighted by molar-refractivity contribution is 1.56. The van der Waals surface area contributed by atoms with Crippen molar-refractivity contribution in [3.63, 3.8) is 0 Å². The lowest BCUT2D eigenvalue weighted by atomic mass is 9.87. The van der Waals surface area contributed by atoms with Crippen LogP contribution in [0.3, 0.4) is 0 Å². The van der Waals surface area contributed by atoms with Crippen LogP contribution < -0.4 is 0 Å². The summed E-state index contributed by atoms with van der Waals surface area (Å²) in [6, 6.07) is 85.6. The first-order valence-corrected chi connectivity index (χ1v) is 21.6. The van der Waals surface area contributed by atoms with E-state index in [1.165, 1.54) is 131 Å². The molecule has 0 N–H and O–H groups in total. The van der Waals surface area contributed by atoms with Crippen LogP contribution in [0.25, 0.3) is 131 Å². The number of hydrogen-bond acceptors (Lipinski definition) is 0. The molecule has 13 aromatic carbocycles. The van der Waals surface area contributed by atoms with Crippen LogP contribution >= 0.6 is 0 Å². The molecule has 0 bridgehead atoms. The van der Waals surface area contributed by atoms with E-state index in [1.54, 1.807) is 0 Å². The zero-order chi connectivity index (χ0) is 40.7. The van der Waals surface area contributed by atoms with Gasteiger partial charge in [-0.05, 0) is 150 Å². The van der Waals surface area contributed by atoms with Gasteiger partial charge in [0.05, 0.1) is 0 Å². The molecule has 0 aromatic heterocycles. The highest BCUT2D eigenvalue weighted by Crippen LogP contribution is 2.44. The van der Waals surface area contributed by atoms with Gasteiger partial charge in [-0.2, -0.15) is 0 Å². The van der Waals surface area contributed by atoms with Crippen LogP contribution in [0.15, 0.2) is 231 Å². The summed E-state index contributed by atoms with van der Waals surface area (Å²) in [5.41, 5.74) is 14.7. The predicted molar refractivity (Wildman–Crippen MR) is 266 cm³/mol. The van der Waals surface area contributed by atoms with Gasteiger partial charge < -0.3 is 0 Å². The molecule has 0 unspecified atom stereocenters. The molecule has 0 saturated heterocycles. The van der Waals surface area contributed by atoms with Crippen LogP contribution in [0.4, 0.5) is 0 Å². The molecular weight excluding hydrogens is 745 g/mol. The summed E-state index contributed by atoms with van der Waals surface area (Å²) in [5.74, 6) is 0. The van der Waals surface area contributed by atoms with E-state index in [9.17, 15) is 0 Å². The van der Waals surface area contributed by atoms with Crippen molar-refractivity contribution in [2.45, 2.75) is 0 Å². The molecule has 0 aliphatic heterocycles. The van der Waals surface area contributed by atoms with Crippen LogP contribution in [-0.2, 0) is 0 Å². The molecule has 286 valence electrons. The molecule has 0 amide bonds. The van der Waals surface area contributed by atoms with Crippen molar-refractivity contribution in [2.75, 3.05) is 0 Å². The van der Waals surface area contributed by atoms with E-state index >= 15 is 0 Å². The average molecular weight is 783 g/mol. The maximum absolute atomic E-state index is 2.35. The molecule has 13 rings (SSSR count). The highest BCUT2D eigenvalue weighted by atomic mass is 14.2. The van der Waals surface area contributed by atoms with E-state index in [2.05, 4.69) is 231 Å². The minimum absolute atomic E-state index is 1.20. The minimum atomic E-state index is 1.20. The second kappa shape index (κ2) is 13.7. The van der Waals surface area contributed by atoms with Gasteiger partial charge in [0.2, 0.25) is 0 Å². The van der Waals surface area contributed by atoms with Crippen LogP contribution in [0.5, 0.6) is 0 Å². The Morgan fingerprint density at radius 2 is 0.452 bits per heavy atom. The van der Waals surface area contributed by atoms with E-state index in [1.807, 2.05) is 0 Å². The van der Waals surface area contributed by atoms with Gasteiger partial charge in [-0.1, -0.05) is 212 Å². The molecule has 0 heterocycles. The quantitative estimate of drug-likeness (QED) is 0.147. The summed E-state index contributed by atoms with van der Waals surface area (Å²) in [6.07, 6.45) is 0. The first-order chi connectivity index (χ1) is 30.7. The maximum atomic E-state index is 2.35. The lowest BCUT2D eigenvalue weighted by Gasteiger charge is -2.17.